The van der Waals surface area contributed by atoms with Crippen molar-refractivity contribution in [3.8, 4) is 0 Å². The van der Waals surface area contributed by atoms with Crippen LogP contribution in [0.15, 0.2) is 5.03 Å². The number of piperidine rings is 1. The van der Waals surface area contributed by atoms with Gasteiger partial charge in [-0.1, -0.05) is 26.2 Å². The Bertz CT molecular complexity index is 694. The van der Waals surface area contributed by atoms with E-state index < -0.39 is 17.8 Å². The zero-order chi connectivity index (χ0) is 18.2. The molecule has 2 atom stereocenters. The van der Waals surface area contributed by atoms with Crippen molar-refractivity contribution in [3.05, 3.63) is 5.69 Å². The van der Waals surface area contributed by atoms with Crippen molar-refractivity contribution in [1.82, 2.24) is 13.6 Å². The molecule has 4 heterocycles. The minimum atomic E-state index is -1.19. The maximum atomic E-state index is 11.5. The van der Waals surface area contributed by atoms with Gasteiger partial charge in [-0.2, -0.15) is 8.75 Å². The first kappa shape index (κ1) is 18.2. The summed E-state index contributed by atoms with van der Waals surface area (Å²) < 4.78 is 19.8. The van der Waals surface area contributed by atoms with Gasteiger partial charge in [0.2, 0.25) is 0 Å². The number of carbonyl (C=O) groups is 2. The molecule has 0 aromatic carbocycles. The van der Waals surface area contributed by atoms with Crippen LogP contribution in [-0.2, 0) is 24.5 Å². The Morgan fingerprint density at radius 3 is 2.69 bits per heavy atom. The molecule has 2 bridgehead atoms. The molecule has 1 aromatic heterocycles. The second-order valence-electron chi connectivity index (χ2n) is 7.27. The van der Waals surface area contributed by atoms with Crippen LogP contribution in [0, 0.1) is 0 Å². The van der Waals surface area contributed by atoms with Crippen LogP contribution in [0.3, 0.4) is 0 Å². The number of fused-ring (bicyclic) bond motifs is 3. The fourth-order valence-electron chi connectivity index (χ4n) is 4.16. The van der Waals surface area contributed by atoms with Gasteiger partial charge in [0.05, 0.1) is 17.4 Å². The highest BCUT2D eigenvalue weighted by Gasteiger charge is 2.62. The highest BCUT2D eigenvalue weighted by atomic mass is 32.2. The van der Waals surface area contributed by atoms with Gasteiger partial charge in [-0.05, 0) is 25.0 Å². The highest BCUT2D eigenvalue weighted by molar-refractivity contribution is 7.99. The zero-order valence-corrected chi connectivity index (χ0v) is 16.5. The minimum absolute atomic E-state index is 0.0780. The minimum Gasteiger partial charge on any atom is -0.400 e. The van der Waals surface area contributed by atoms with E-state index in [-0.39, 0.29) is 5.41 Å². The van der Waals surface area contributed by atoms with Crippen molar-refractivity contribution in [2.75, 3.05) is 18.8 Å². The van der Waals surface area contributed by atoms with E-state index in [1.165, 1.54) is 37.4 Å². The Morgan fingerprint density at radius 1 is 1.12 bits per heavy atom. The van der Waals surface area contributed by atoms with Crippen LogP contribution >= 0.6 is 23.5 Å². The molecule has 0 radical (unpaired) electrons. The summed E-state index contributed by atoms with van der Waals surface area (Å²) in [5.41, 5.74) is 1.00. The van der Waals surface area contributed by atoms with Gasteiger partial charge in [0.1, 0.15) is 5.03 Å². The lowest BCUT2D eigenvalue weighted by Crippen LogP contribution is -2.54. The Balaban J connectivity index is 1.45. The molecule has 3 fully saturated rings. The van der Waals surface area contributed by atoms with E-state index in [1.54, 1.807) is 11.8 Å². The summed E-state index contributed by atoms with van der Waals surface area (Å²) >= 11 is 3.08. The fraction of sp³-hybridized carbons (Fsp3) is 0.765. The summed E-state index contributed by atoms with van der Waals surface area (Å²) in [6, 6.07) is 0. The smallest absolute Gasteiger partial charge is 0.400 e. The first-order valence-corrected chi connectivity index (χ1v) is 11.0. The van der Waals surface area contributed by atoms with E-state index in [0.717, 1.165) is 35.9 Å². The molecule has 26 heavy (non-hydrogen) atoms. The number of aromatic nitrogens is 2. The number of hydrogen-bond donors (Lipinski definition) is 0. The summed E-state index contributed by atoms with van der Waals surface area (Å²) in [4.78, 5) is 25.0. The Hall–Kier alpha value is -1.19. The average Bonchev–Trinajstić information content (AvgIpc) is 3.31. The lowest BCUT2D eigenvalue weighted by atomic mass is 9.77. The van der Waals surface area contributed by atoms with Crippen LogP contribution < -0.4 is 0 Å². The molecule has 1 spiro atoms. The van der Waals surface area contributed by atoms with Gasteiger partial charge in [0.15, 0.2) is 0 Å². The van der Waals surface area contributed by atoms with E-state index >= 15 is 0 Å². The van der Waals surface area contributed by atoms with Gasteiger partial charge in [-0.25, -0.2) is 14.5 Å². The molecule has 2 unspecified atom stereocenters. The molecule has 7 nitrogen and oxygen atoms in total. The summed E-state index contributed by atoms with van der Waals surface area (Å²) in [6.45, 7) is 3.62. The molecule has 0 amide bonds. The fourth-order valence-corrected chi connectivity index (χ4v) is 6.03. The topological polar surface area (TPSA) is 81.6 Å². The predicted octanol–water partition coefficient (Wildman–Crippen LogP) is 2.70. The van der Waals surface area contributed by atoms with Crippen LogP contribution in [0.1, 0.15) is 57.6 Å². The summed E-state index contributed by atoms with van der Waals surface area (Å²) in [6.07, 6.45) is 7.16. The van der Waals surface area contributed by atoms with Crippen molar-refractivity contribution in [2.45, 2.75) is 68.2 Å². The second kappa shape index (κ2) is 7.09. The van der Waals surface area contributed by atoms with E-state index in [9.17, 15) is 9.59 Å². The second-order valence-corrected chi connectivity index (χ2v) is 8.88. The SMILES string of the molecule is CCCCCCSc1nsnc1C12CCN(C1)C1(CC2)OC(=O)C(=O)O1. The molecule has 9 heteroatoms. The maximum absolute atomic E-state index is 11.5. The number of ether oxygens (including phenoxy) is 2. The first-order chi connectivity index (χ1) is 12.6. The molecule has 4 rings (SSSR count). The Labute approximate surface area is 161 Å². The van der Waals surface area contributed by atoms with Crippen molar-refractivity contribution < 1.29 is 19.1 Å². The van der Waals surface area contributed by atoms with Gasteiger partial charge in [0.25, 0.3) is 0 Å². The van der Waals surface area contributed by atoms with Gasteiger partial charge >= 0.3 is 17.8 Å². The van der Waals surface area contributed by atoms with Crippen LogP contribution in [0.4, 0.5) is 0 Å². The molecule has 0 N–H and O–H groups in total. The summed E-state index contributed by atoms with van der Waals surface area (Å²) in [5.74, 6) is -1.89. The first-order valence-electron chi connectivity index (χ1n) is 9.26. The molecular formula is C17H23N3O4S2. The molecule has 0 aliphatic carbocycles. The summed E-state index contributed by atoms with van der Waals surface area (Å²) in [5, 5.41) is 1.05. The van der Waals surface area contributed by atoms with E-state index in [0.29, 0.717) is 13.0 Å². The van der Waals surface area contributed by atoms with Crippen molar-refractivity contribution >= 4 is 35.4 Å². The standard InChI is InChI=1S/C17H23N3O4S2/c1-2-3-4-5-10-25-13-12(18-26-19-13)16-6-7-17(20(11-16)9-8-16)23-14(21)15(22)24-17/h2-11H2,1H3. The number of esters is 2. The van der Waals surface area contributed by atoms with Gasteiger partial charge < -0.3 is 9.47 Å². The van der Waals surface area contributed by atoms with Crippen molar-refractivity contribution in [2.24, 2.45) is 0 Å². The predicted molar refractivity (Wildman–Crippen MR) is 96.8 cm³/mol. The zero-order valence-electron chi connectivity index (χ0n) is 14.9. The molecule has 1 aromatic rings. The quantitative estimate of drug-likeness (QED) is 0.301. The largest absolute Gasteiger partial charge is 0.421 e. The van der Waals surface area contributed by atoms with Crippen LogP contribution in [0.2, 0.25) is 0 Å². The van der Waals surface area contributed by atoms with Crippen LogP contribution in [-0.4, -0.2) is 50.3 Å². The van der Waals surface area contributed by atoms with Crippen molar-refractivity contribution in [1.29, 1.82) is 0 Å². The number of rotatable bonds is 7. The molecule has 142 valence electrons. The van der Waals surface area contributed by atoms with E-state index in [1.807, 2.05) is 4.90 Å². The maximum Gasteiger partial charge on any atom is 0.421 e. The molecular weight excluding hydrogens is 374 g/mol. The van der Waals surface area contributed by atoms with Gasteiger partial charge in [-0.3, -0.25) is 0 Å². The number of hydrogen-bond acceptors (Lipinski definition) is 9. The Kier molecular flexibility index (Phi) is 4.96. The van der Waals surface area contributed by atoms with Crippen LogP contribution in [0.25, 0.3) is 0 Å². The molecule has 3 aliphatic rings. The normalized spacial score (nSPS) is 29.2. The third-order valence-electron chi connectivity index (χ3n) is 5.62. The number of unbranched alkanes of at least 4 members (excludes halogenated alkanes) is 3. The third-order valence-corrected chi connectivity index (χ3v) is 7.32. The number of carbonyl (C=O) groups excluding carboxylic acids is 2. The third kappa shape index (κ3) is 3.03. The lowest BCUT2D eigenvalue weighted by Gasteiger charge is -2.41. The molecule has 0 saturated carbocycles. The number of nitrogens with zero attached hydrogens (tertiary/aromatic N) is 3. The van der Waals surface area contributed by atoms with Crippen LogP contribution in [0.5, 0.6) is 0 Å². The van der Waals surface area contributed by atoms with Crippen molar-refractivity contribution in [3.63, 3.8) is 0 Å². The van der Waals surface area contributed by atoms with Gasteiger partial charge in [-0.15, -0.1) is 11.8 Å². The molecule has 3 aliphatic heterocycles. The summed E-state index contributed by atoms with van der Waals surface area (Å²) in [7, 11) is 0. The monoisotopic (exact) mass is 397 g/mol. The number of thioether (sulfide) groups is 1. The molecule has 3 saturated heterocycles. The Morgan fingerprint density at radius 2 is 1.92 bits per heavy atom. The highest BCUT2D eigenvalue weighted by Crippen LogP contribution is 2.51. The van der Waals surface area contributed by atoms with Gasteiger partial charge in [0, 0.05) is 24.9 Å². The van der Waals surface area contributed by atoms with E-state index in [2.05, 4.69) is 15.7 Å². The average molecular weight is 398 g/mol. The lowest BCUT2D eigenvalue weighted by molar-refractivity contribution is -0.259. The van der Waals surface area contributed by atoms with E-state index in [4.69, 9.17) is 9.47 Å².